The lowest BCUT2D eigenvalue weighted by Gasteiger charge is -2.34. The van der Waals surface area contributed by atoms with E-state index < -0.39 is 17.8 Å². The summed E-state index contributed by atoms with van der Waals surface area (Å²) >= 11 is 0. The van der Waals surface area contributed by atoms with Crippen LogP contribution in [0.2, 0.25) is 0 Å². The predicted octanol–water partition coefficient (Wildman–Crippen LogP) is 0.574. The third-order valence-electron chi connectivity index (χ3n) is 3.62. The van der Waals surface area contributed by atoms with E-state index in [9.17, 15) is 9.59 Å². The molecule has 1 saturated heterocycles. The number of aliphatic carboxylic acids is 1. The van der Waals surface area contributed by atoms with Gasteiger partial charge in [0, 0.05) is 25.6 Å². The SMILES string of the molecule is CC(C(=O)O)C(C)C(=O)N1CCCC(CO)C1. The third-order valence-corrected chi connectivity index (χ3v) is 3.62. The number of likely N-dealkylation sites (tertiary alicyclic amines) is 1. The minimum absolute atomic E-state index is 0.0899. The lowest BCUT2D eigenvalue weighted by atomic mass is 9.92. The van der Waals surface area contributed by atoms with Gasteiger partial charge >= 0.3 is 5.97 Å². The molecule has 0 spiro atoms. The average molecular weight is 243 g/mol. The summed E-state index contributed by atoms with van der Waals surface area (Å²) in [4.78, 5) is 24.6. The van der Waals surface area contributed by atoms with Crippen molar-refractivity contribution in [3.8, 4) is 0 Å². The quantitative estimate of drug-likeness (QED) is 0.757. The zero-order chi connectivity index (χ0) is 13.0. The van der Waals surface area contributed by atoms with Gasteiger partial charge in [-0.2, -0.15) is 0 Å². The second-order valence-electron chi connectivity index (χ2n) is 4.89. The number of aliphatic hydroxyl groups excluding tert-OH is 1. The van der Waals surface area contributed by atoms with Crippen LogP contribution in [0.1, 0.15) is 26.7 Å². The van der Waals surface area contributed by atoms with Crippen LogP contribution >= 0.6 is 0 Å². The monoisotopic (exact) mass is 243 g/mol. The maximum atomic E-state index is 12.1. The van der Waals surface area contributed by atoms with E-state index in [0.717, 1.165) is 12.8 Å². The molecule has 98 valence electrons. The Kier molecular flexibility index (Phi) is 4.93. The first-order valence-corrected chi connectivity index (χ1v) is 6.09. The Morgan fingerprint density at radius 2 is 2.00 bits per heavy atom. The molecule has 0 aliphatic carbocycles. The van der Waals surface area contributed by atoms with Crippen molar-refractivity contribution < 1.29 is 19.8 Å². The summed E-state index contributed by atoms with van der Waals surface area (Å²) in [7, 11) is 0. The van der Waals surface area contributed by atoms with Crippen molar-refractivity contribution in [3.63, 3.8) is 0 Å². The van der Waals surface area contributed by atoms with E-state index in [2.05, 4.69) is 0 Å². The highest BCUT2D eigenvalue weighted by molar-refractivity contribution is 5.84. The van der Waals surface area contributed by atoms with E-state index in [-0.39, 0.29) is 18.4 Å². The second kappa shape index (κ2) is 6.00. The number of rotatable bonds is 4. The highest BCUT2D eigenvalue weighted by atomic mass is 16.4. The van der Waals surface area contributed by atoms with Gasteiger partial charge in [-0.05, 0) is 18.8 Å². The molecule has 3 unspecified atom stereocenters. The molecule has 3 atom stereocenters. The molecule has 0 saturated carbocycles. The number of carbonyl (C=O) groups is 2. The van der Waals surface area contributed by atoms with E-state index in [1.807, 2.05) is 0 Å². The summed E-state index contributed by atoms with van der Waals surface area (Å²) in [5.74, 6) is -2.10. The van der Waals surface area contributed by atoms with Crippen LogP contribution in [0.25, 0.3) is 0 Å². The van der Waals surface area contributed by atoms with Gasteiger partial charge in [0.2, 0.25) is 5.91 Å². The van der Waals surface area contributed by atoms with Gasteiger partial charge in [0.15, 0.2) is 0 Å². The van der Waals surface area contributed by atoms with Crippen LogP contribution in [0.4, 0.5) is 0 Å². The van der Waals surface area contributed by atoms with Gasteiger partial charge in [-0.15, -0.1) is 0 Å². The van der Waals surface area contributed by atoms with Gasteiger partial charge in [0.25, 0.3) is 0 Å². The Morgan fingerprint density at radius 1 is 1.35 bits per heavy atom. The van der Waals surface area contributed by atoms with Crippen molar-refractivity contribution in [1.29, 1.82) is 0 Å². The van der Waals surface area contributed by atoms with Crippen molar-refractivity contribution >= 4 is 11.9 Å². The van der Waals surface area contributed by atoms with Gasteiger partial charge in [0.05, 0.1) is 5.92 Å². The minimum Gasteiger partial charge on any atom is -0.481 e. The summed E-state index contributed by atoms with van der Waals surface area (Å²) in [6.45, 7) is 4.52. The second-order valence-corrected chi connectivity index (χ2v) is 4.89. The lowest BCUT2D eigenvalue weighted by molar-refractivity contribution is -0.150. The van der Waals surface area contributed by atoms with Crippen molar-refractivity contribution in [1.82, 2.24) is 4.90 Å². The Morgan fingerprint density at radius 3 is 2.53 bits per heavy atom. The maximum Gasteiger partial charge on any atom is 0.307 e. The molecular formula is C12H21NO4. The molecule has 2 N–H and O–H groups in total. The number of hydrogen-bond donors (Lipinski definition) is 2. The number of amides is 1. The number of carbonyl (C=O) groups excluding carboxylic acids is 1. The van der Waals surface area contributed by atoms with E-state index >= 15 is 0 Å². The summed E-state index contributed by atoms with van der Waals surface area (Å²) in [5, 5.41) is 18.0. The molecule has 0 radical (unpaired) electrons. The smallest absolute Gasteiger partial charge is 0.307 e. The van der Waals surface area contributed by atoms with Gasteiger partial charge in [-0.3, -0.25) is 9.59 Å². The van der Waals surface area contributed by atoms with E-state index in [0.29, 0.717) is 13.1 Å². The van der Waals surface area contributed by atoms with Gasteiger partial charge in [0.1, 0.15) is 0 Å². The molecule has 0 aromatic heterocycles. The largest absolute Gasteiger partial charge is 0.481 e. The van der Waals surface area contributed by atoms with Crippen LogP contribution in [0.5, 0.6) is 0 Å². The van der Waals surface area contributed by atoms with Crippen molar-refractivity contribution in [3.05, 3.63) is 0 Å². The predicted molar refractivity (Wildman–Crippen MR) is 62.4 cm³/mol. The molecule has 0 aromatic rings. The molecule has 1 heterocycles. The summed E-state index contributed by atoms with van der Waals surface area (Å²) in [6, 6.07) is 0. The number of nitrogens with zero attached hydrogens (tertiary/aromatic N) is 1. The summed E-state index contributed by atoms with van der Waals surface area (Å²) in [5.41, 5.74) is 0. The fourth-order valence-corrected chi connectivity index (χ4v) is 2.13. The highest BCUT2D eigenvalue weighted by Gasteiger charge is 2.31. The molecule has 1 rings (SSSR count). The Hall–Kier alpha value is -1.10. The fraction of sp³-hybridized carbons (Fsp3) is 0.833. The maximum absolute atomic E-state index is 12.1. The van der Waals surface area contributed by atoms with Crippen molar-refractivity contribution in [2.45, 2.75) is 26.7 Å². The Balaban J connectivity index is 2.59. The molecular weight excluding hydrogens is 222 g/mol. The van der Waals surface area contributed by atoms with Crippen LogP contribution < -0.4 is 0 Å². The summed E-state index contributed by atoms with van der Waals surface area (Å²) in [6.07, 6.45) is 1.81. The highest BCUT2D eigenvalue weighted by Crippen LogP contribution is 2.21. The van der Waals surface area contributed by atoms with Crippen molar-refractivity contribution in [2.24, 2.45) is 17.8 Å². The zero-order valence-corrected chi connectivity index (χ0v) is 10.4. The fourth-order valence-electron chi connectivity index (χ4n) is 2.13. The minimum atomic E-state index is -0.943. The lowest BCUT2D eigenvalue weighted by Crippen LogP contribution is -2.45. The molecule has 1 amide bonds. The molecule has 1 aliphatic rings. The van der Waals surface area contributed by atoms with Gasteiger partial charge < -0.3 is 15.1 Å². The zero-order valence-electron chi connectivity index (χ0n) is 10.4. The number of carboxylic acids is 1. The topological polar surface area (TPSA) is 77.8 Å². The first-order chi connectivity index (χ1) is 7.97. The van der Waals surface area contributed by atoms with Crippen LogP contribution in [0.15, 0.2) is 0 Å². The number of piperidine rings is 1. The molecule has 1 aliphatic heterocycles. The third kappa shape index (κ3) is 3.43. The molecule has 5 nitrogen and oxygen atoms in total. The van der Waals surface area contributed by atoms with Gasteiger partial charge in [-0.1, -0.05) is 13.8 Å². The summed E-state index contributed by atoms with van der Waals surface area (Å²) < 4.78 is 0. The van der Waals surface area contributed by atoms with Crippen LogP contribution in [-0.2, 0) is 9.59 Å². The molecule has 1 fully saturated rings. The Bertz CT molecular complexity index is 292. The van der Waals surface area contributed by atoms with Crippen LogP contribution in [-0.4, -0.2) is 46.7 Å². The van der Waals surface area contributed by atoms with Crippen LogP contribution in [0.3, 0.4) is 0 Å². The molecule has 0 bridgehead atoms. The molecule has 5 heteroatoms. The number of carboxylic acid groups (broad SMARTS) is 1. The first kappa shape index (κ1) is 14.0. The average Bonchev–Trinajstić information content (AvgIpc) is 2.36. The Labute approximate surface area is 101 Å². The van der Waals surface area contributed by atoms with E-state index in [1.165, 1.54) is 0 Å². The van der Waals surface area contributed by atoms with E-state index in [4.69, 9.17) is 10.2 Å². The normalized spacial score (nSPS) is 24.2. The molecule has 17 heavy (non-hydrogen) atoms. The first-order valence-electron chi connectivity index (χ1n) is 6.09. The molecule has 0 aromatic carbocycles. The van der Waals surface area contributed by atoms with E-state index in [1.54, 1.807) is 18.7 Å². The number of aliphatic hydroxyl groups is 1. The van der Waals surface area contributed by atoms with Crippen LogP contribution in [0, 0.1) is 17.8 Å². The van der Waals surface area contributed by atoms with Crippen molar-refractivity contribution in [2.75, 3.05) is 19.7 Å². The standard InChI is InChI=1S/C12H21NO4/c1-8(9(2)12(16)17)11(15)13-5-3-4-10(6-13)7-14/h8-10,14H,3-7H2,1-2H3,(H,16,17). The van der Waals surface area contributed by atoms with Gasteiger partial charge in [-0.25, -0.2) is 0 Å². The number of hydrogen-bond acceptors (Lipinski definition) is 3.